The number of aryl methyl sites for hydroxylation is 1. The van der Waals surface area contributed by atoms with Crippen LogP contribution in [0.15, 0.2) is 5.10 Å². The first-order valence-corrected chi connectivity index (χ1v) is 8.22. The van der Waals surface area contributed by atoms with Gasteiger partial charge < -0.3 is 5.11 Å². The second kappa shape index (κ2) is 6.36. The highest BCUT2D eigenvalue weighted by Gasteiger charge is 2.61. The lowest BCUT2D eigenvalue weighted by Crippen LogP contribution is -2.56. The number of aromatic nitrogens is 2. The first-order chi connectivity index (χ1) is 12.4. The fourth-order valence-electron chi connectivity index (χ4n) is 2.80. The quantitative estimate of drug-likeness (QED) is 0.763. The van der Waals surface area contributed by atoms with E-state index in [-0.39, 0.29) is 16.6 Å². The van der Waals surface area contributed by atoms with Crippen LogP contribution < -0.4 is 0 Å². The van der Waals surface area contributed by atoms with Crippen molar-refractivity contribution >= 4 is 23.7 Å². The average Bonchev–Trinajstić information content (AvgIpc) is 3.18. The predicted molar refractivity (Wildman–Crippen MR) is 79.8 cm³/mol. The van der Waals surface area contributed by atoms with Crippen molar-refractivity contribution in [2.45, 2.75) is 56.2 Å². The summed E-state index contributed by atoms with van der Waals surface area (Å²) in [6.45, 7) is -0.430. The molecule has 1 amide bonds. The number of rotatable bonds is 4. The highest BCUT2D eigenvalue weighted by atomic mass is 35.5. The van der Waals surface area contributed by atoms with Crippen LogP contribution in [0.2, 0.25) is 5.02 Å². The van der Waals surface area contributed by atoms with Gasteiger partial charge in [-0.25, -0.2) is 0 Å². The lowest BCUT2D eigenvalue weighted by Gasteiger charge is -2.32. The zero-order chi connectivity index (χ0) is 20.2. The minimum Gasteiger partial charge on any atom is -0.362 e. The van der Waals surface area contributed by atoms with E-state index in [1.54, 1.807) is 0 Å². The van der Waals surface area contributed by atoms with Crippen LogP contribution in [0.4, 0.5) is 26.3 Å². The number of carbonyl (C=O) groups excluding carboxylic acids is 1. The Morgan fingerprint density at radius 2 is 1.93 bits per heavy atom. The van der Waals surface area contributed by atoms with E-state index < -0.39 is 54.1 Å². The summed E-state index contributed by atoms with van der Waals surface area (Å²) in [7, 11) is 0. The van der Waals surface area contributed by atoms with Crippen molar-refractivity contribution in [2.75, 3.05) is 0 Å². The first-order valence-electron chi connectivity index (χ1n) is 7.84. The van der Waals surface area contributed by atoms with Crippen molar-refractivity contribution < 1.29 is 36.2 Å². The third-order valence-electron chi connectivity index (χ3n) is 4.32. The number of hydrogen-bond acceptors (Lipinski definition) is 4. The van der Waals surface area contributed by atoms with Crippen molar-refractivity contribution in [1.29, 1.82) is 0 Å². The summed E-state index contributed by atoms with van der Waals surface area (Å²) in [6.07, 6.45) is -9.58. The van der Waals surface area contributed by atoms with Crippen LogP contribution >= 0.6 is 11.6 Å². The van der Waals surface area contributed by atoms with Gasteiger partial charge in [0.15, 0.2) is 5.69 Å². The molecule has 0 spiro atoms. The molecule has 0 aromatic carbocycles. The van der Waals surface area contributed by atoms with Crippen LogP contribution in [-0.4, -0.2) is 43.9 Å². The number of hydrazone groups is 1. The third kappa shape index (κ3) is 3.51. The zero-order valence-electron chi connectivity index (χ0n) is 13.5. The highest BCUT2D eigenvalue weighted by Crippen LogP contribution is 2.47. The zero-order valence-corrected chi connectivity index (χ0v) is 14.2. The number of carbonyl (C=O) groups is 1. The summed E-state index contributed by atoms with van der Waals surface area (Å²) in [5.74, 6) is -1.45. The van der Waals surface area contributed by atoms with Crippen molar-refractivity contribution in [1.82, 2.24) is 14.8 Å². The summed E-state index contributed by atoms with van der Waals surface area (Å²) in [6, 6.07) is 0. The van der Waals surface area contributed by atoms with Gasteiger partial charge in [-0.1, -0.05) is 11.6 Å². The maximum atomic E-state index is 13.0. The van der Waals surface area contributed by atoms with E-state index in [9.17, 15) is 36.2 Å². The van der Waals surface area contributed by atoms with Gasteiger partial charge in [-0.05, 0) is 12.8 Å². The number of nitrogens with zero attached hydrogens (tertiary/aromatic N) is 4. The average molecular weight is 419 g/mol. The smallest absolute Gasteiger partial charge is 0.362 e. The van der Waals surface area contributed by atoms with Crippen molar-refractivity contribution in [3.05, 3.63) is 16.4 Å². The van der Waals surface area contributed by atoms with Crippen LogP contribution in [0.5, 0.6) is 0 Å². The van der Waals surface area contributed by atoms with Gasteiger partial charge in [0, 0.05) is 25.0 Å². The molecule has 27 heavy (non-hydrogen) atoms. The van der Waals surface area contributed by atoms with Gasteiger partial charge in [0.2, 0.25) is 5.91 Å². The molecule has 1 N–H and O–H groups in total. The summed E-state index contributed by atoms with van der Waals surface area (Å²) in [5.41, 5.74) is -4.67. The molecular weight excluding hydrogens is 406 g/mol. The summed E-state index contributed by atoms with van der Waals surface area (Å²) in [4.78, 5) is 12.1. The van der Waals surface area contributed by atoms with Crippen LogP contribution in [0.25, 0.3) is 0 Å². The number of amides is 1. The van der Waals surface area contributed by atoms with E-state index in [0.29, 0.717) is 12.8 Å². The van der Waals surface area contributed by atoms with Crippen LogP contribution in [0.1, 0.15) is 43.0 Å². The molecule has 1 aliphatic heterocycles. The van der Waals surface area contributed by atoms with Gasteiger partial charge in [0.1, 0.15) is 0 Å². The minimum atomic E-state index is -5.14. The normalized spacial score (nSPS) is 23.3. The van der Waals surface area contributed by atoms with E-state index >= 15 is 0 Å². The van der Waals surface area contributed by atoms with E-state index in [2.05, 4.69) is 10.2 Å². The maximum Gasteiger partial charge on any atom is 0.438 e. The molecule has 1 atom stereocenters. The van der Waals surface area contributed by atoms with Crippen molar-refractivity contribution in [3.8, 4) is 0 Å². The monoisotopic (exact) mass is 418 g/mol. The van der Waals surface area contributed by atoms with Gasteiger partial charge in [-0.15, -0.1) is 0 Å². The number of hydrogen-bond donors (Lipinski definition) is 1. The molecule has 1 aromatic rings. The molecule has 0 bridgehead atoms. The summed E-state index contributed by atoms with van der Waals surface area (Å²) < 4.78 is 78.9. The van der Waals surface area contributed by atoms with Gasteiger partial charge in [-0.3, -0.25) is 9.48 Å². The maximum absolute atomic E-state index is 13.0. The molecule has 1 saturated carbocycles. The number of alkyl halides is 6. The molecule has 13 heteroatoms. The Hall–Kier alpha value is -1.82. The van der Waals surface area contributed by atoms with Gasteiger partial charge in [-0.2, -0.15) is 41.6 Å². The molecule has 150 valence electrons. The highest BCUT2D eigenvalue weighted by molar-refractivity contribution is 6.32. The molecule has 1 fully saturated rings. The second-order valence-corrected chi connectivity index (χ2v) is 6.69. The number of aliphatic hydroxyl groups is 1. The summed E-state index contributed by atoms with van der Waals surface area (Å²) >= 11 is 5.79. The van der Waals surface area contributed by atoms with Crippen molar-refractivity contribution in [3.63, 3.8) is 0 Å². The molecule has 2 heterocycles. The standard InChI is InChI=1S/C14H13ClF6N4O2/c15-9-10(7-1-2-7)24(23-11(9)13(16,17)18)6-3-8(26)25-12(27,4-5-22-25)14(19,20)21/h5,7,27H,1-4,6H2/t12-/m1/s1. The topological polar surface area (TPSA) is 70.7 Å². The Morgan fingerprint density at radius 1 is 1.30 bits per heavy atom. The lowest BCUT2D eigenvalue weighted by molar-refractivity contribution is -0.302. The molecule has 1 aliphatic carbocycles. The SMILES string of the molecule is O=C(CCn1nc(C(F)(F)F)c(Cl)c1C1CC1)N1N=CC[C@@]1(O)C(F)(F)F. The third-order valence-corrected chi connectivity index (χ3v) is 4.69. The molecular formula is C14H13ClF6N4O2. The second-order valence-electron chi connectivity index (χ2n) is 6.32. The van der Waals surface area contributed by atoms with E-state index in [1.807, 2.05) is 0 Å². The fraction of sp³-hybridized carbons (Fsp3) is 0.643. The van der Waals surface area contributed by atoms with Gasteiger partial charge >= 0.3 is 12.4 Å². The largest absolute Gasteiger partial charge is 0.438 e. The Bertz CT molecular complexity index is 786. The minimum absolute atomic E-state index is 0.0976. The van der Waals surface area contributed by atoms with Crippen LogP contribution in [-0.2, 0) is 17.5 Å². The molecule has 3 rings (SSSR count). The molecule has 1 aromatic heterocycles. The summed E-state index contributed by atoms with van der Waals surface area (Å²) in [5, 5.41) is 15.7. The molecule has 0 radical (unpaired) electrons. The Kier molecular flexibility index (Phi) is 4.70. The van der Waals surface area contributed by atoms with Gasteiger partial charge in [0.05, 0.1) is 17.3 Å². The lowest BCUT2D eigenvalue weighted by atomic mass is 10.1. The fourth-order valence-corrected chi connectivity index (χ4v) is 3.19. The van der Waals surface area contributed by atoms with Gasteiger partial charge in [0.25, 0.3) is 5.72 Å². The number of halogens is 7. The molecule has 2 aliphatic rings. The molecule has 0 saturated heterocycles. The van der Waals surface area contributed by atoms with Crippen molar-refractivity contribution in [2.24, 2.45) is 5.10 Å². The van der Waals surface area contributed by atoms with Crippen LogP contribution in [0, 0.1) is 0 Å². The Morgan fingerprint density at radius 3 is 2.44 bits per heavy atom. The molecule has 0 unspecified atom stereocenters. The Labute approximate surface area is 153 Å². The Balaban J connectivity index is 1.79. The van der Waals surface area contributed by atoms with Crippen LogP contribution in [0.3, 0.4) is 0 Å². The predicted octanol–water partition coefficient (Wildman–Crippen LogP) is 3.29. The first kappa shape index (κ1) is 19.9. The van der Waals surface area contributed by atoms with E-state index in [1.165, 1.54) is 0 Å². The van der Waals surface area contributed by atoms with E-state index in [0.717, 1.165) is 10.9 Å². The van der Waals surface area contributed by atoms with E-state index in [4.69, 9.17) is 11.6 Å². The molecule has 6 nitrogen and oxygen atoms in total.